The van der Waals surface area contributed by atoms with E-state index in [0.717, 1.165) is 29.7 Å². The van der Waals surface area contributed by atoms with Crippen molar-refractivity contribution in [2.24, 2.45) is 22.7 Å². The van der Waals surface area contributed by atoms with Crippen molar-refractivity contribution in [2.75, 3.05) is 13.7 Å². The molecule has 0 heterocycles. The highest BCUT2D eigenvalue weighted by Gasteiger charge is 2.56. The molecule has 3 atom stereocenters. The van der Waals surface area contributed by atoms with Crippen molar-refractivity contribution in [1.29, 1.82) is 0 Å². The van der Waals surface area contributed by atoms with Gasteiger partial charge in [0.1, 0.15) is 18.1 Å². The van der Waals surface area contributed by atoms with E-state index in [1.54, 1.807) is 7.11 Å². The molecule has 3 aliphatic carbocycles. The summed E-state index contributed by atoms with van der Waals surface area (Å²) >= 11 is 0. The van der Waals surface area contributed by atoms with Crippen molar-refractivity contribution in [3.8, 4) is 11.5 Å². The molecule has 196 valence electrons. The average molecular weight is 485 g/mol. The number of fused-ring (bicyclic) bond motifs is 1. The van der Waals surface area contributed by atoms with Crippen LogP contribution in [0.5, 0.6) is 11.5 Å². The van der Waals surface area contributed by atoms with E-state index in [2.05, 4.69) is 46.8 Å². The standard InChI is InChI=1S/C31H48O4/c1-10-11-12-13-14-30(5,6)21-16-25(32)27(26(17-21)34-9)22-15-20(19-35-28(33)29(2,3)4)23-18-24(22)31(23,7)8/h15-17,22-24,32H,10-14,18-19H2,1-9H3/t22-,23-,24?/m0/s1. The maximum atomic E-state index is 12.4. The van der Waals surface area contributed by atoms with Crippen LogP contribution in [0, 0.1) is 22.7 Å². The number of benzene rings is 1. The van der Waals surface area contributed by atoms with Crippen LogP contribution in [0.3, 0.4) is 0 Å². The molecule has 0 spiro atoms. The Labute approximate surface area is 213 Å². The van der Waals surface area contributed by atoms with Crippen molar-refractivity contribution in [3.05, 3.63) is 34.9 Å². The lowest BCUT2D eigenvalue weighted by Gasteiger charge is -2.59. The second-order valence-electron chi connectivity index (χ2n) is 13.1. The molecule has 1 saturated carbocycles. The molecule has 1 N–H and O–H groups in total. The first kappa shape index (κ1) is 27.6. The Kier molecular flexibility index (Phi) is 8.04. The lowest BCUT2D eigenvalue weighted by Crippen LogP contribution is -2.52. The summed E-state index contributed by atoms with van der Waals surface area (Å²) in [5.74, 6) is 1.76. The van der Waals surface area contributed by atoms with Gasteiger partial charge in [0.05, 0.1) is 12.5 Å². The number of methoxy groups -OCH3 is 1. The summed E-state index contributed by atoms with van der Waals surface area (Å²) in [4.78, 5) is 12.4. The second kappa shape index (κ2) is 10.2. The molecule has 4 heteroatoms. The predicted molar refractivity (Wildman–Crippen MR) is 143 cm³/mol. The molecule has 0 aliphatic heterocycles. The number of aromatic hydroxyl groups is 1. The Morgan fingerprint density at radius 3 is 2.37 bits per heavy atom. The highest BCUT2D eigenvalue weighted by atomic mass is 16.5. The molecule has 1 aromatic carbocycles. The molecule has 2 bridgehead atoms. The molecule has 1 fully saturated rings. The number of hydrogen-bond acceptors (Lipinski definition) is 4. The SMILES string of the molecule is CCCCCCC(C)(C)c1cc(O)c([C@H]2C=C(COC(=O)C(C)(C)C)[C@@H]3CC2C3(C)C)c(OC)c1. The molecule has 0 aromatic heterocycles. The van der Waals surface area contributed by atoms with Crippen molar-refractivity contribution in [2.45, 2.75) is 105 Å². The lowest BCUT2D eigenvalue weighted by molar-refractivity contribution is -0.152. The first-order valence-corrected chi connectivity index (χ1v) is 13.5. The number of ether oxygens (including phenoxy) is 2. The summed E-state index contributed by atoms with van der Waals surface area (Å²) in [6, 6.07) is 4.10. The number of unbranched alkanes of at least 4 members (excludes halogenated alkanes) is 3. The number of allylic oxidation sites excluding steroid dienone is 1. The van der Waals surface area contributed by atoms with Gasteiger partial charge in [-0.25, -0.2) is 0 Å². The summed E-state index contributed by atoms with van der Waals surface area (Å²) in [6.07, 6.45) is 9.30. The number of phenolic OH excluding ortho intramolecular Hbond substituents is 1. The fourth-order valence-electron chi connectivity index (χ4n) is 6.10. The van der Waals surface area contributed by atoms with Crippen LogP contribution < -0.4 is 4.74 Å². The Balaban J connectivity index is 1.92. The van der Waals surface area contributed by atoms with Crippen LogP contribution in [0.15, 0.2) is 23.8 Å². The summed E-state index contributed by atoms with van der Waals surface area (Å²) in [7, 11) is 1.70. The van der Waals surface area contributed by atoms with Crippen LogP contribution in [0.25, 0.3) is 0 Å². The second-order valence-corrected chi connectivity index (χ2v) is 13.1. The minimum Gasteiger partial charge on any atom is -0.507 e. The maximum absolute atomic E-state index is 12.4. The normalized spacial score (nSPS) is 23.3. The first-order valence-electron chi connectivity index (χ1n) is 13.5. The third-order valence-electron chi connectivity index (χ3n) is 8.71. The van der Waals surface area contributed by atoms with Crippen LogP contribution in [-0.2, 0) is 14.9 Å². The van der Waals surface area contributed by atoms with E-state index in [1.165, 1.54) is 31.3 Å². The number of esters is 1. The van der Waals surface area contributed by atoms with Crippen molar-refractivity contribution in [1.82, 2.24) is 0 Å². The van der Waals surface area contributed by atoms with Gasteiger partial charge in [-0.1, -0.05) is 66.4 Å². The van der Waals surface area contributed by atoms with E-state index < -0.39 is 5.41 Å². The third-order valence-corrected chi connectivity index (χ3v) is 8.71. The molecule has 0 amide bonds. The molecule has 0 radical (unpaired) electrons. The number of carbonyl (C=O) groups is 1. The van der Waals surface area contributed by atoms with Gasteiger partial charge in [0, 0.05) is 11.5 Å². The molecule has 35 heavy (non-hydrogen) atoms. The molecule has 1 aromatic rings. The zero-order valence-electron chi connectivity index (χ0n) is 23.6. The Morgan fingerprint density at radius 1 is 1.11 bits per heavy atom. The molecule has 1 unspecified atom stereocenters. The smallest absolute Gasteiger partial charge is 0.311 e. The van der Waals surface area contributed by atoms with Crippen molar-refractivity contribution >= 4 is 5.97 Å². The summed E-state index contributed by atoms with van der Waals surface area (Å²) in [5, 5.41) is 11.4. The Morgan fingerprint density at radius 2 is 1.80 bits per heavy atom. The minimum atomic E-state index is -0.521. The van der Waals surface area contributed by atoms with Gasteiger partial charge in [0.25, 0.3) is 0 Å². The van der Waals surface area contributed by atoms with Crippen molar-refractivity contribution in [3.63, 3.8) is 0 Å². The van der Waals surface area contributed by atoms with Gasteiger partial charge in [0.2, 0.25) is 0 Å². The fraction of sp³-hybridized carbons (Fsp3) is 0.710. The van der Waals surface area contributed by atoms with Gasteiger partial charge in [-0.05, 0) is 79.5 Å². The number of carbonyl (C=O) groups excluding carboxylic acids is 1. The van der Waals surface area contributed by atoms with Crippen molar-refractivity contribution < 1.29 is 19.4 Å². The van der Waals surface area contributed by atoms with Gasteiger partial charge in [0.15, 0.2) is 0 Å². The van der Waals surface area contributed by atoms with Gasteiger partial charge < -0.3 is 14.6 Å². The fourth-order valence-corrected chi connectivity index (χ4v) is 6.10. The van der Waals surface area contributed by atoms with E-state index in [4.69, 9.17) is 9.47 Å². The van der Waals surface area contributed by atoms with Gasteiger partial charge in [-0.3, -0.25) is 4.79 Å². The zero-order chi connectivity index (χ0) is 26.2. The van der Waals surface area contributed by atoms with Gasteiger partial charge in [-0.15, -0.1) is 0 Å². The van der Waals surface area contributed by atoms with Crippen LogP contribution in [0.4, 0.5) is 0 Å². The Bertz CT molecular complexity index is 947. The van der Waals surface area contributed by atoms with E-state index in [-0.39, 0.29) is 22.7 Å². The zero-order valence-corrected chi connectivity index (χ0v) is 23.6. The highest BCUT2D eigenvalue weighted by molar-refractivity contribution is 5.75. The lowest BCUT2D eigenvalue weighted by atomic mass is 9.45. The molecule has 3 aliphatic rings. The first-order chi connectivity index (χ1) is 16.2. The quantitative estimate of drug-likeness (QED) is 0.208. The largest absolute Gasteiger partial charge is 0.507 e. The van der Waals surface area contributed by atoms with E-state index in [1.807, 2.05) is 26.8 Å². The van der Waals surface area contributed by atoms with Crippen LogP contribution in [-0.4, -0.2) is 24.8 Å². The van der Waals surface area contributed by atoms with Gasteiger partial charge >= 0.3 is 5.97 Å². The summed E-state index contributed by atoms with van der Waals surface area (Å²) in [5.41, 5.74) is 2.68. The molecule has 0 saturated heterocycles. The van der Waals surface area contributed by atoms with E-state index >= 15 is 0 Å². The topological polar surface area (TPSA) is 55.8 Å². The monoisotopic (exact) mass is 484 g/mol. The molecular weight excluding hydrogens is 436 g/mol. The Hall–Kier alpha value is -1.97. The summed E-state index contributed by atoms with van der Waals surface area (Å²) in [6.45, 7) is 17.3. The molecular formula is C31H48O4. The summed E-state index contributed by atoms with van der Waals surface area (Å²) < 4.78 is 11.6. The van der Waals surface area contributed by atoms with Crippen LogP contribution in [0.2, 0.25) is 0 Å². The minimum absolute atomic E-state index is 0.0351. The van der Waals surface area contributed by atoms with Crippen LogP contribution >= 0.6 is 0 Å². The molecule has 4 rings (SSSR count). The molecule has 4 nitrogen and oxygen atoms in total. The number of rotatable bonds is 10. The van der Waals surface area contributed by atoms with Gasteiger partial charge in [-0.2, -0.15) is 0 Å². The maximum Gasteiger partial charge on any atom is 0.311 e. The van der Waals surface area contributed by atoms with E-state index in [0.29, 0.717) is 24.2 Å². The number of phenols is 1. The predicted octanol–water partition coefficient (Wildman–Crippen LogP) is 7.92. The average Bonchev–Trinajstić information content (AvgIpc) is 2.78. The number of hydrogen-bond donors (Lipinski definition) is 1. The highest BCUT2D eigenvalue weighted by Crippen LogP contribution is 2.65. The third kappa shape index (κ3) is 5.57. The van der Waals surface area contributed by atoms with Crippen LogP contribution in [0.1, 0.15) is 111 Å². The van der Waals surface area contributed by atoms with E-state index in [9.17, 15) is 9.90 Å².